The molecule has 0 saturated carbocycles. The minimum absolute atomic E-state index is 0.131. The van der Waals surface area contributed by atoms with Crippen molar-refractivity contribution >= 4 is 34.5 Å². The summed E-state index contributed by atoms with van der Waals surface area (Å²) in [6, 6.07) is 15.1. The van der Waals surface area contributed by atoms with Gasteiger partial charge >= 0.3 is 6.09 Å². The SMILES string of the molecule is CC#CCn1c(N2CCC[C@@H](NC(=O)OC(C)(C)C)C2)nc2c(C)nn(CC3=Nc4ccccc4Oc4ccccc43)c(=O)c21. The molecule has 45 heavy (non-hydrogen) atoms. The Morgan fingerprint density at radius 3 is 2.67 bits per heavy atom. The van der Waals surface area contributed by atoms with Crippen molar-refractivity contribution in [1.29, 1.82) is 0 Å². The number of hydrogen-bond acceptors (Lipinski definition) is 8. The van der Waals surface area contributed by atoms with Crippen LogP contribution < -0.4 is 20.5 Å². The van der Waals surface area contributed by atoms with E-state index in [9.17, 15) is 9.59 Å². The number of ether oxygens (including phenoxy) is 2. The van der Waals surface area contributed by atoms with E-state index in [1.54, 1.807) is 6.92 Å². The number of amides is 1. The quantitative estimate of drug-likeness (QED) is 0.304. The molecular formula is C34H37N7O4. The molecule has 2 aromatic heterocycles. The largest absolute Gasteiger partial charge is 0.454 e. The van der Waals surface area contributed by atoms with Gasteiger partial charge in [0.15, 0.2) is 5.75 Å². The zero-order valence-electron chi connectivity index (χ0n) is 26.3. The van der Waals surface area contributed by atoms with Crippen LogP contribution in [0.5, 0.6) is 11.5 Å². The number of alkyl carbamates (subject to hydrolysis) is 1. The lowest BCUT2D eigenvalue weighted by atomic mass is 10.1. The molecule has 232 valence electrons. The predicted molar refractivity (Wildman–Crippen MR) is 174 cm³/mol. The summed E-state index contributed by atoms with van der Waals surface area (Å²) in [6.07, 6.45) is 1.21. The van der Waals surface area contributed by atoms with E-state index in [1.807, 2.05) is 80.8 Å². The summed E-state index contributed by atoms with van der Waals surface area (Å²) < 4.78 is 15.0. The van der Waals surface area contributed by atoms with Crippen LogP contribution in [0.2, 0.25) is 0 Å². The van der Waals surface area contributed by atoms with Crippen LogP contribution in [0.1, 0.15) is 51.8 Å². The van der Waals surface area contributed by atoms with Gasteiger partial charge in [0.25, 0.3) is 5.56 Å². The molecule has 11 nitrogen and oxygen atoms in total. The van der Waals surface area contributed by atoms with Gasteiger partial charge in [0.2, 0.25) is 5.95 Å². The second-order valence-corrected chi connectivity index (χ2v) is 12.2. The molecule has 0 unspecified atom stereocenters. The molecule has 4 aromatic rings. The number of piperidine rings is 1. The summed E-state index contributed by atoms with van der Waals surface area (Å²) in [4.78, 5) is 38.7. The maximum absolute atomic E-state index is 14.2. The molecule has 2 aliphatic heterocycles. The Labute approximate surface area is 261 Å². The monoisotopic (exact) mass is 607 g/mol. The third kappa shape index (κ3) is 6.27. The normalized spacial score (nSPS) is 16.0. The number of carbonyl (C=O) groups excluding carboxylic acids is 1. The lowest BCUT2D eigenvalue weighted by Crippen LogP contribution is -2.49. The van der Waals surface area contributed by atoms with Gasteiger partial charge in [-0.25, -0.2) is 19.5 Å². The number of rotatable bonds is 5. The lowest BCUT2D eigenvalue weighted by Gasteiger charge is -2.34. The highest BCUT2D eigenvalue weighted by atomic mass is 16.6. The number of anilines is 1. The van der Waals surface area contributed by atoms with Crippen molar-refractivity contribution in [3.63, 3.8) is 0 Å². The van der Waals surface area contributed by atoms with E-state index >= 15 is 0 Å². The van der Waals surface area contributed by atoms with E-state index in [2.05, 4.69) is 22.1 Å². The first-order chi connectivity index (χ1) is 21.6. The molecule has 1 saturated heterocycles. The number of nitrogens with zero attached hydrogens (tertiary/aromatic N) is 6. The summed E-state index contributed by atoms with van der Waals surface area (Å²) in [5, 5.41) is 7.70. The second-order valence-electron chi connectivity index (χ2n) is 12.2. The summed E-state index contributed by atoms with van der Waals surface area (Å²) in [7, 11) is 0. The van der Waals surface area contributed by atoms with E-state index in [0.717, 1.165) is 24.9 Å². The fourth-order valence-electron chi connectivity index (χ4n) is 5.73. The fourth-order valence-corrected chi connectivity index (χ4v) is 5.73. The number of aryl methyl sites for hydroxylation is 1. The van der Waals surface area contributed by atoms with E-state index in [0.29, 0.717) is 52.1 Å². The molecule has 1 atom stereocenters. The minimum atomic E-state index is -0.587. The van der Waals surface area contributed by atoms with Gasteiger partial charge in [-0.3, -0.25) is 9.36 Å². The zero-order valence-corrected chi connectivity index (χ0v) is 26.3. The van der Waals surface area contributed by atoms with E-state index < -0.39 is 11.7 Å². The molecule has 0 spiro atoms. The van der Waals surface area contributed by atoms with Crippen LogP contribution >= 0.6 is 0 Å². The zero-order chi connectivity index (χ0) is 31.7. The van der Waals surface area contributed by atoms with Crippen LogP contribution in [0.25, 0.3) is 11.0 Å². The second kappa shape index (κ2) is 12.1. The Hall–Kier alpha value is -5.11. The molecular weight excluding hydrogens is 570 g/mol. The Balaban J connectivity index is 1.39. The smallest absolute Gasteiger partial charge is 0.407 e. The highest BCUT2D eigenvalue weighted by Crippen LogP contribution is 2.37. The van der Waals surface area contributed by atoms with Gasteiger partial charge in [-0.2, -0.15) is 5.10 Å². The number of nitrogens with one attached hydrogen (secondary N) is 1. The number of benzene rings is 2. The van der Waals surface area contributed by atoms with E-state index in [1.165, 1.54) is 4.68 Å². The fraction of sp³-hybridized carbons (Fsp3) is 0.382. The van der Waals surface area contributed by atoms with Crippen LogP contribution in [0, 0.1) is 18.8 Å². The van der Waals surface area contributed by atoms with Crippen LogP contribution in [0.3, 0.4) is 0 Å². The molecule has 1 amide bonds. The number of hydrogen-bond donors (Lipinski definition) is 1. The van der Waals surface area contributed by atoms with Gasteiger partial charge in [-0.05, 0) is 71.7 Å². The van der Waals surface area contributed by atoms with Gasteiger partial charge in [-0.15, -0.1) is 5.92 Å². The van der Waals surface area contributed by atoms with Gasteiger partial charge < -0.3 is 19.7 Å². The van der Waals surface area contributed by atoms with Crippen LogP contribution in [-0.2, 0) is 17.8 Å². The molecule has 0 aliphatic carbocycles. The first-order valence-electron chi connectivity index (χ1n) is 15.2. The van der Waals surface area contributed by atoms with Crippen LogP contribution in [0.4, 0.5) is 16.4 Å². The van der Waals surface area contributed by atoms with Crippen molar-refractivity contribution in [2.45, 2.75) is 72.2 Å². The standard InChI is InChI=1S/C34H37N7O4/c1-6-7-19-40-30-29(37-32(40)39-18-12-13-23(20-39)35-33(43)45-34(3,4)5)22(2)38-41(31(30)42)21-26-24-14-8-10-16-27(24)44-28-17-11-9-15-25(28)36-26/h8-11,14-17,23H,12-13,18-21H2,1-5H3,(H,35,43)/t23-/m1/s1. The topological polar surface area (TPSA) is 116 Å². The summed E-state index contributed by atoms with van der Waals surface area (Å²) >= 11 is 0. The van der Waals surface area contributed by atoms with Gasteiger partial charge in [0, 0.05) is 24.7 Å². The molecule has 2 aliphatic rings. The van der Waals surface area contributed by atoms with Crippen molar-refractivity contribution in [2.75, 3.05) is 18.0 Å². The molecule has 4 heterocycles. The van der Waals surface area contributed by atoms with Crippen LogP contribution in [0.15, 0.2) is 58.3 Å². The molecule has 1 fully saturated rings. The molecule has 0 radical (unpaired) electrons. The van der Waals surface area contributed by atoms with E-state index in [4.69, 9.17) is 24.5 Å². The average molecular weight is 608 g/mol. The molecule has 0 bridgehead atoms. The van der Waals surface area contributed by atoms with Crippen molar-refractivity contribution in [2.24, 2.45) is 4.99 Å². The maximum atomic E-state index is 14.2. The Bertz CT molecular complexity index is 1920. The minimum Gasteiger partial charge on any atom is -0.454 e. The first-order valence-corrected chi connectivity index (χ1v) is 15.2. The Morgan fingerprint density at radius 1 is 1.13 bits per heavy atom. The third-order valence-electron chi connectivity index (χ3n) is 7.67. The van der Waals surface area contributed by atoms with Gasteiger partial charge in [0.1, 0.15) is 28.1 Å². The number of carbonyl (C=O) groups is 1. The molecule has 11 heteroatoms. The van der Waals surface area contributed by atoms with Crippen molar-refractivity contribution in [3.8, 4) is 23.3 Å². The summed E-state index contributed by atoms with van der Waals surface area (Å²) in [5.74, 6) is 8.01. The van der Waals surface area contributed by atoms with Crippen molar-refractivity contribution < 1.29 is 14.3 Å². The number of aromatic nitrogens is 4. The van der Waals surface area contributed by atoms with Crippen molar-refractivity contribution in [3.05, 3.63) is 70.1 Å². The summed E-state index contributed by atoms with van der Waals surface area (Å²) in [6.45, 7) is 10.8. The number of para-hydroxylation sites is 3. The van der Waals surface area contributed by atoms with Gasteiger partial charge in [-0.1, -0.05) is 30.2 Å². The molecule has 2 aromatic carbocycles. The highest BCUT2D eigenvalue weighted by molar-refractivity contribution is 6.05. The summed E-state index contributed by atoms with van der Waals surface area (Å²) in [5.41, 5.74) is 2.85. The third-order valence-corrected chi connectivity index (χ3v) is 7.67. The predicted octanol–water partition coefficient (Wildman–Crippen LogP) is 5.34. The number of imidazole rings is 1. The van der Waals surface area contributed by atoms with Crippen LogP contribution in [-0.4, -0.2) is 55.9 Å². The lowest BCUT2D eigenvalue weighted by molar-refractivity contribution is 0.0499. The Morgan fingerprint density at radius 2 is 1.89 bits per heavy atom. The molecule has 6 rings (SSSR count). The number of aliphatic imine (C=N–C) groups is 1. The average Bonchev–Trinajstić information content (AvgIpc) is 3.31. The number of fused-ring (bicyclic) bond motifs is 3. The highest BCUT2D eigenvalue weighted by Gasteiger charge is 2.29. The maximum Gasteiger partial charge on any atom is 0.407 e. The Kier molecular flexibility index (Phi) is 8.06. The van der Waals surface area contributed by atoms with Crippen molar-refractivity contribution in [1.82, 2.24) is 24.6 Å². The van der Waals surface area contributed by atoms with Gasteiger partial charge in [0.05, 0.1) is 24.5 Å². The van der Waals surface area contributed by atoms with E-state index in [-0.39, 0.29) is 24.7 Å². The first kappa shape index (κ1) is 29.9. The molecule has 1 N–H and O–H groups in total.